The molecule has 0 amide bonds. The van der Waals surface area contributed by atoms with Crippen molar-refractivity contribution in [3.05, 3.63) is 58.7 Å². The molecule has 3 rings (SSSR count). The van der Waals surface area contributed by atoms with Crippen LogP contribution >= 0.6 is 12.2 Å². The van der Waals surface area contributed by atoms with E-state index in [1.54, 1.807) is 12.1 Å². The fraction of sp³-hybridized carbons (Fsp3) is 0. The Balaban J connectivity index is 2.41. The van der Waals surface area contributed by atoms with E-state index >= 15 is 0 Å². The number of nitrogens with zero attached hydrogens (tertiary/aromatic N) is 1. The molecule has 2 aromatic carbocycles. The third kappa shape index (κ3) is 1.92. The highest BCUT2D eigenvalue weighted by Gasteiger charge is 2.14. The van der Waals surface area contributed by atoms with Crippen molar-refractivity contribution in [2.75, 3.05) is 0 Å². The van der Waals surface area contributed by atoms with Gasteiger partial charge >= 0.3 is 0 Å². The van der Waals surface area contributed by atoms with Crippen molar-refractivity contribution in [2.45, 2.75) is 0 Å². The second-order valence-corrected chi connectivity index (χ2v) is 4.46. The average Bonchev–Trinajstić information content (AvgIpc) is 2.43. The van der Waals surface area contributed by atoms with Crippen LogP contribution in [-0.4, -0.2) is 10.2 Å². The predicted octanol–water partition coefficient (Wildman–Crippen LogP) is 4.24. The summed E-state index contributed by atoms with van der Waals surface area (Å²) in [4.78, 5) is 0. The fourth-order valence-electron chi connectivity index (χ4n) is 2.01. The summed E-state index contributed by atoms with van der Waals surface area (Å²) in [5.41, 5.74) is 0.462. The number of fused-ring (bicyclic) bond motifs is 1. The van der Waals surface area contributed by atoms with Gasteiger partial charge in [0.15, 0.2) is 11.6 Å². The summed E-state index contributed by atoms with van der Waals surface area (Å²) < 4.78 is 27.6. The maximum Gasteiger partial charge on any atom is 0.168 e. The van der Waals surface area contributed by atoms with Crippen LogP contribution in [-0.2, 0) is 0 Å². The van der Waals surface area contributed by atoms with Crippen LogP contribution in [0.5, 0.6) is 0 Å². The zero-order valence-corrected chi connectivity index (χ0v) is 10.5. The van der Waals surface area contributed by atoms with Gasteiger partial charge < -0.3 is 0 Å². The average molecular weight is 274 g/mol. The van der Waals surface area contributed by atoms with Gasteiger partial charge in [-0.2, -0.15) is 5.10 Å². The van der Waals surface area contributed by atoms with E-state index in [0.29, 0.717) is 15.7 Å². The second kappa shape index (κ2) is 4.51. The first-order chi connectivity index (χ1) is 9.18. The van der Waals surface area contributed by atoms with Crippen LogP contribution in [0, 0.1) is 16.3 Å². The topological polar surface area (TPSA) is 28.7 Å². The molecule has 1 aromatic heterocycles. The minimum atomic E-state index is -0.911. The standard InChI is InChI=1S/C14H8F2N2S/c15-11-7-3-6-10(12(11)16)13-8-4-1-2-5-9(8)14(19)18-17-13/h1-7H,(H,18,19). The summed E-state index contributed by atoms with van der Waals surface area (Å²) in [5.74, 6) is -1.81. The number of hydrogen-bond donors (Lipinski definition) is 1. The molecule has 0 atom stereocenters. The van der Waals surface area contributed by atoms with E-state index in [2.05, 4.69) is 10.2 Å². The molecule has 0 aliphatic rings. The lowest BCUT2D eigenvalue weighted by atomic mass is 10.0. The Kier molecular flexibility index (Phi) is 2.83. The summed E-state index contributed by atoms with van der Waals surface area (Å²) in [6, 6.07) is 11.3. The second-order valence-electron chi connectivity index (χ2n) is 4.05. The number of rotatable bonds is 1. The number of H-pyrrole nitrogens is 1. The molecule has 0 unspecified atom stereocenters. The maximum absolute atomic E-state index is 13.9. The van der Waals surface area contributed by atoms with Gasteiger partial charge in [0.25, 0.3) is 0 Å². The van der Waals surface area contributed by atoms with Crippen molar-refractivity contribution in [2.24, 2.45) is 0 Å². The van der Waals surface area contributed by atoms with Gasteiger partial charge in [-0.05, 0) is 12.1 Å². The van der Waals surface area contributed by atoms with Crippen molar-refractivity contribution >= 4 is 23.0 Å². The Hall–Kier alpha value is -2.14. The lowest BCUT2D eigenvalue weighted by Crippen LogP contribution is -1.95. The minimum absolute atomic E-state index is 0.113. The summed E-state index contributed by atoms with van der Waals surface area (Å²) in [6.07, 6.45) is 0. The first-order valence-corrected chi connectivity index (χ1v) is 6.01. The molecule has 0 spiro atoms. The van der Waals surface area contributed by atoms with Crippen LogP contribution in [0.25, 0.3) is 22.0 Å². The van der Waals surface area contributed by atoms with Gasteiger partial charge in [0.2, 0.25) is 0 Å². The number of aromatic amines is 1. The van der Waals surface area contributed by atoms with E-state index in [-0.39, 0.29) is 5.56 Å². The van der Waals surface area contributed by atoms with E-state index in [4.69, 9.17) is 12.2 Å². The predicted molar refractivity (Wildman–Crippen MR) is 72.3 cm³/mol. The van der Waals surface area contributed by atoms with Crippen molar-refractivity contribution < 1.29 is 8.78 Å². The molecule has 0 fully saturated rings. The van der Waals surface area contributed by atoms with Crippen LogP contribution in [0.15, 0.2) is 42.5 Å². The number of nitrogens with one attached hydrogen (secondary N) is 1. The van der Waals surface area contributed by atoms with Gasteiger partial charge in [0.1, 0.15) is 10.3 Å². The molecule has 0 saturated heterocycles. The lowest BCUT2D eigenvalue weighted by molar-refractivity contribution is 0.511. The number of hydrogen-bond acceptors (Lipinski definition) is 2. The van der Waals surface area contributed by atoms with Crippen LogP contribution in [0.3, 0.4) is 0 Å². The zero-order valence-electron chi connectivity index (χ0n) is 9.65. The van der Waals surface area contributed by atoms with Gasteiger partial charge in [-0.25, -0.2) is 8.78 Å². The third-order valence-electron chi connectivity index (χ3n) is 2.90. The summed E-state index contributed by atoms with van der Waals surface area (Å²) in [7, 11) is 0. The van der Waals surface area contributed by atoms with E-state index in [0.717, 1.165) is 11.5 Å². The summed E-state index contributed by atoms with van der Waals surface area (Å²) in [6.45, 7) is 0. The van der Waals surface area contributed by atoms with Crippen LogP contribution < -0.4 is 0 Å². The molecule has 94 valence electrons. The van der Waals surface area contributed by atoms with Gasteiger partial charge in [-0.15, -0.1) is 0 Å². The van der Waals surface area contributed by atoms with Crippen LogP contribution in [0.2, 0.25) is 0 Å². The Morgan fingerprint density at radius 2 is 1.68 bits per heavy atom. The van der Waals surface area contributed by atoms with Gasteiger partial charge in [0.05, 0.1) is 0 Å². The van der Waals surface area contributed by atoms with Gasteiger partial charge in [-0.1, -0.05) is 42.5 Å². The highest BCUT2D eigenvalue weighted by atomic mass is 32.1. The van der Waals surface area contributed by atoms with Crippen molar-refractivity contribution in [1.29, 1.82) is 0 Å². The molecule has 5 heteroatoms. The number of halogens is 2. The Bertz CT molecular complexity index is 827. The molecule has 1 heterocycles. The molecule has 0 radical (unpaired) electrons. The van der Waals surface area contributed by atoms with Crippen molar-refractivity contribution in [1.82, 2.24) is 10.2 Å². The zero-order chi connectivity index (χ0) is 13.4. The Morgan fingerprint density at radius 3 is 2.47 bits per heavy atom. The largest absolute Gasteiger partial charge is 0.267 e. The first kappa shape index (κ1) is 11.9. The van der Waals surface area contributed by atoms with Crippen molar-refractivity contribution in [3.8, 4) is 11.3 Å². The van der Waals surface area contributed by atoms with Crippen LogP contribution in [0.4, 0.5) is 8.78 Å². The molecule has 19 heavy (non-hydrogen) atoms. The SMILES string of the molecule is Fc1cccc(-c2n[nH]c(=S)c3ccccc23)c1F. The van der Waals surface area contributed by atoms with Gasteiger partial charge in [-0.3, -0.25) is 5.10 Å². The monoisotopic (exact) mass is 274 g/mol. The summed E-state index contributed by atoms with van der Waals surface area (Å²) >= 11 is 5.14. The highest BCUT2D eigenvalue weighted by Crippen LogP contribution is 2.28. The molecule has 0 bridgehead atoms. The van der Waals surface area contributed by atoms with E-state index < -0.39 is 11.6 Å². The molecule has 0 aliphatic heterocycles. The van der Waals surface area contributed by atoms with E-state index in [1.807, 2.05) is 12.1 Å². The molecule has 3 aromatic rings. The lowest BCUT2D eigenvalue weighted by Gasteiger charge is -2.07. The molecule has 2 nitrogen and oxygen atoms in total. The Labute approximate surface area is 112 Å². The smallest absolute Gasteiger partial charge is 0.168 e. The minimum Gasteiger partial charge on any atom is -0.267 e. The van der Waals surface area contributed by atoms with Crippen molar-refractivity contribution in [3.63, 3.8) is 0 Å². The Morgan fingerprint density at radius 1 is 0.947 bits per heavy atom. The number of aromatic nitrogens is 2. The molecule has 1 N–H and O–H groups in total. The molecule has 0 aliphatic carbocycles. The summed E-state index contributed by atoms with van der Waals surface area (Å²) in [5, 5.41) is 8.15. The quantitative estimate of drug-likeness (QED) is 0.672. The van der Waals surface area contributed by atoms with E-state index in [1.165, 1.54) is 12.1 Å². The van der Waals surface area contributed by atoms with E-state index in [9.17, 15) is 8.78 Å². The third-order valence-corrected chi connectivity index (χ3v) is 3.21. The maximum atomic E-state index is 13.9. The van der Waals surface area contributed by atoms with Crippen LogP contribution in [0.1, 0.15) is 0 Å². The van der Waals surface area contributed by atoms with Gasteiger partial charge in [0, 0.05) is 16.3 Å². The first-order valence-electron chi connectivity index (χ1n) is 5.60. The highest BCUT2D eigenvalue weighted by molar-refractivity contribution is 7.71. The number of benzene rings is 2. The molecular weight excluding hydrogens is 266 g/mol. The molecule has 0 saturated carbocycles. The molecular formula is C14H8F2N2S. The normalized spacial score (nSPS) is 10.8. The fourth-order valence-corrected chi connectivity index (χ4v) is 2.23.